The first-order valence-corrected chi connectivity index (χ1v) is 6.26. The summed E-state index contributed by atoms with van der Waals surface area (Å²) in [5.41, 5.74) is 0.643. The Labute approximate surface area is 105 Å². The minimum absolute atomic E-state index is 0.0330. The van der Waals surface area contributed by atoms with E-state index >= 15 is 0 Å². The molecule has 1 aromatic carbocycles. The van der Waals surface area contributed by atoms with E-state index in [9.17, 15) is 4.79 Å². The van der Waals surface area contributed by atoms with Gasteiger partial charge in [-0.15, -0.1) is 11.6 Å². The normalized spacial score (nSPS) is 20.1. The lowest BCUT2D eigenvalue weighted by atomic mass is 10.2. The van der Waals surface area contributed by atoms with Crippen molar-refractivity contribution in [2.45, 2.75) is 18.9 Å². The van der Waals surface area contributed by atoms with Crippen molar-refractivity contribution < 1.29 is 4.79 Å². The van der Waals surface area contributed by atoms with Crippen LogP contribution in [0.25, 0.3) is 0 Å². The summed E-state index contributed by atoms with van der Waals surface area (Å²) in [6.45, 7) is 0.794. The summed E-state index contributed by atoms with van der Waals surface area (Å²) in [6.07, 6.45) is 2.03. The third kappa shape index (κ3) is 2.33. The molecule has 0 N–H and O–H groups in total. The van der Waals surface area contributed by atoms with Crippen LogP contribution in [-0.4, -0.2) is 29.3 Å². The van der Waals surface area contributed by atoms with Crippen LogP contribution in [0.15, 0.2) is 24.3 Å². The van der Waals surface area contributed by atoms with Crippen molar-refractivity contribution in [3.05, 3.63) is 34.9 Å². The molecule has 0 aliphatic carbocycles. The number of hydrogen-bond donors (Lipinski definition) is 0. The number of likely N-dealkylation sites (tertiary alicyclic amines) is 1. The highest BCUT2D eigenvalue weighted by Crippen LogP contribution is 2.22. The van der Waals surface area contributed by atoms with E-state index in [0.717, 1.165) is 19.4 Å². The summed E-state index contributed by atoms with van der Waals surface area (Å²) in [6, 6.07) is 7.22. The molecule has 4 heteroatoms. The van der Waals surface area contributed by atoms with Gasteiger partial charge in [0.15, 0.2) is 0 Å². The minimum Gasteiger partial charge on any atom is -0.334 e. The Morgan fingerprint density at radius 3 is 3.00 bits per heavy atom. The summed E-state index contributed by atoms with van der Waals surface area (Å²) in [5, 5.41) is 0.590. The number of amides is 1. The van der Waals surface area contributed by atoms with E-state index in [1.54, 1.807) is 24.3 Å². The minimum atomic E-state index is 0.0330. The lowest BCUT2D eigenvalue weighted by molar-refractivity contribution is 0.0749. The topological polar surface area (TPSA) is 20.3 Å². The number of alkyl halides is 1. The number of halogens is 2. The average molecular weight is 258 g/mol. The SMILES string of the molecule is O=C(c1cccc(Cl)c1)N1CCC[C@H]1CCl. The molecule has 1 heterocycles. The smallest absolute Gasteiger partial charge is 0.254 e. The molecule has 0 spiro atoms. The zero-order chi connectivity index (χ0) is 11.5. The first kappa shape index (κ1) is 11.7. The lowest BCUT2D eigenvalue weighted by Crippen LogP contribution is -2.36. The maximum atomic E-state index is 12.2. The van der Waals surface area contributed by atoms with Gasteiger partial charge >= 0.3 is 0 Å². The van der Waals surface area contributed by atoms with Crippen LogP contribution in [0.4, 0.5) is 0 Å². The Hall–Kier alpha value is -0.730. The third-order valence-electron chi connectivity index (χ3n) is 2.89. The Morgan fingerprint density at radius 1 is 1.50 bits per heavy atom. The van der Waals surface area contributed by atoms with Crippen LogP contribution in [0.2, 0.25) is 5.02 Å². The third-order valence-corrected chi connectivity index (χ3v) is 3.48. The second-order valence-corrected chi connectivity index (χ2v) is 4.70. The number of carbonyl (C=O) groups excluding carboxylic acids is 1. The summed E-state index contributed by atoms with van der Waals surface area (Å²) < 4.78 is 0. The van der Waals surface area contributed by atoms with Gasteiger partial charge in [-0.3, -0.25) is 4.79 Å². The number of carbonyl (C=O) groups is 1. The fraction of sp³-hybridized carbons (Fsp3) is 0.417. The van der Waals surface area contributed by atoms with Crippen LogP contribution in [0, 0.1) is 0 Å². The zero-order valence-corrected chi connectivity index (χ0v) is 10.3. The van der Waals surface area contributed by atoms with Gasteiger partial charge in [0.05, 0.1) is 0 Å². The monoisotopic (exact) mass is 257 g/mol. The molecule has 1 aliphatic heterocycles. The highest BCUT2D eigenvalue weighted by Gasteiger charge is 2.28. The maximum absolute atomic E-state index is 12.2. The van der Waals surface area contributed by atoms with Crippen molar-refractivity contribution in [1.29, 1.82) is 0 Å². The van der Waals surface area contributed by atoms with Crippen LogP contribution in [0.5, 0.6) is 0 Å². The highest BCUT2D eigenvalue weighted by molar-refractivity contribution is 6.31. The van der Waals surface area contributed by atoms with Gasteiger partial charge < -0.3 is 4.90 Å². The van der Waals surface area contributed by atoms with E-state index in [-0.39, 0.29) is 11.9 Å². The van der Waals surface area contributed by atoms with Crippen LogP contribution in [0.3, 0.4) is 0 Å². The summed E-state index contributed by atoms with van der Waals surface area (Å²) in [7, 11) is 0. The molecule has 1 aliphatic rings. The molecule has 0 radical (unpaired) electrons. The lowest BCUT2D eigenvalue weighted by Gasteiger charge is -2.22. The van der Waals surface area contributed by atoms with Gasteiger partial charge in [0, 0.05) is 29.1 Å². The van der Waals surface area contributed by atoms with Crippen LogP contribution in [-0.2, 0) is 0 Å². The summed E-state index contributed by atoms with van der Waals surface area (Å²) in [5.74, 6) is 0.539. The van der Waals surface area contributed by atoms with Crippen molar-refractivity contribution in [2.24, 2.45) is 0 Å². The van der Waals surface area contributed by atoms with E-state index in [1.165, 1.54) is 0 Å². The Morgan fingerprint density at radius 2 is 2.31 bits per heavy atom. The zero-order valence-electron chi connectivity index (χ0n) is 8.83. The van der Waals surface area contributed by atoms with Gasteiger partial charge in [-0.2, -0.15) is 0 Å². The van der Waals surface area contributed by atoms with Crippen molar-refractivity contribution in [3.8, 4) is 0 Å². The Bertz CT molecular complexity index is 394. The second-order valence-electron chi connectivity index (χ2n) is 3.96. The molecule has 0 saturated carbocycles. The van der Waals surface area contributed by atoms with Crippen molar-refractivity contribution in [2.75, 3.05) is 12.4 Å². The fourth-order valence-corrected chi connectivity index (χ4v) is 2.56. The number of hydrogen-bond acceptors (Lipinski definition) is 1. The molecular weight excluding hydrogens is 245 g/mol. The van der Waals surface area contributed by atoms with Gasteiger partial charge in [-0.25, -0.2) is 0 Å². The average Bonchev–Trinajstić information content (AvgIpc) is 2.76. The molecule has 0 aromatic heterocycles. The van der Waals surface area contributed by atoms with Crippen molar-refractivity contribution in [1.82, 2.24) is 4.90 Å². The Balaban J connectivity index is 2.18. The van der Waals surface area contributed by atoms with Crippen LogP contribution < -0.4 is 0 Å². The maximum Gasteiger partial charge on any atom is 0.254 e. The van der Waals surface area contributed by atoms with E-state index in [0.29, 0.717) is 16.5 Å². The van der Waals surface area contributed by atoms with Gasteiger partial charge in [0.2, 0.25) is 0 Å². The molecule has 1 fully saturated rings. The van der Waals surface area contributed by atoms with E-state index < -0.39 is 0 Å². The fourth-order valence-electron chi connectivity index (χ4n) is 2.05. The predicted octanol–water partition coefficient (Wildman–Crippen LogP) is 3.18. The largest absolute Gasteiger partial charge is 0.334 e. The molecule has 1 atom stereocenters. The predicted molar refractivity (Wildman–Crippen MR) is 66.2 cm³/mol. The molecule has 0 bridgehead atoms. The number of nitrogens with zero attached hydrogens (tertiary/aromatic N) is 1. The van der Waals surface area contributed by atoms with Crippen LogP contribution in [0.1, 0.15) is 23.2 Å². The van der Waals surface area contributed by atoms with Gasteiger partial charge in [0.25, 0.3) is 5.91 Å². The van der Waals surface area contributed by atoms with Crippen molar-refractivity contribution in [3.63, 3.8) is 0 Å². The van der Waals surface area contributed by atoms with E-state index in [4.69, 9.17) is 23.2 Å². The number of rotatable bonds is 2. The molecule has 2 rings (SSSR count). The van der Waals surface area contributed by atoms with Crippen molar-refractivity contribution >= 4 is 29.1 Å². The molecular formula is C12H13Cl2NO. The van der Waals surface area contributed by atoms with E-state index in [1.807, 2.05) is 4.90 Å². The molecule has 0 unspecified atom stereocenters. The molecule has 2 nitrogen and oxygen atoms in total. The highest BCUT2D eigenvalue weighted by atomic mass is 35.5. The molecule has 1 saturated heterocycles. The summed E-state index contributed by atoms with van der Waals surface area (Å²) >= 11 is 11.7. The van der Waals surface area contributed by atoms with Gasteiger partial charge in [-0.1, -0.05) is 17.7 Å². The number of benzene rings is 1. The quantitative estimate of drug-likeness (QED) is 0.746. The first-order chi connectivity index (χ1) is 7.72. The molecule has 1 amide bonds. The molecule has 1 aromatic rings. The van der Waals surface area contributed by atoms with Gasteiger partial charge in [-0.05, 0) is 31.0 Å². The van der Waals surface area contributed by atoms with Gasteiger partial charge in [0.1, 0.15) is 0 Å². The van der Waals surface area contributed by atoms with Crippen LogP contribution >= 0.6 is 23.2 Å². The molecule has 86 valence electrons. The molecule has 16 heavy (non-hydrogen) atoms. The summed E-state index contributed by atoms with van der Waals surface area (Å²) in [4.78, 5) is 14.0. The Kier molecular flexibility index (Phi) is 3.72. The second kappa shape index (κ2) is 5.07. The standard InChI is InChI=1S/C12H13Cl2NO/c13-8-11-5-2-6-15(11)12(16)9-3-1-4-10(14)7-9/h1,3-4,7,11H,2,5-6,8H2/t11-/m0/s1. The van der Waals surface area contributed by atoms with E-state index in [2.05, 4.69) is 0 Å². The first-order valence-electron chi connectivity index (χ1n) is 5.35.